The molecule has 0 saturated carbocycles. The second-order valence-electron chi connectivity index (χ2n) is 5.32. The van der Waals surface area contributed by atoms with Gasteiger partial charge in [-0.1, -0.05) is 19.8 Å². The normalized spacial score (nSPS) is 17.4. The summed E-state index contributed by atoms with van der Waals surface area (Å²) in [5.41, 5.74) is 0.281. The summed E-state index contributed by atoms with van der Waals surface area (Å²) in [6, 6.07) is 1.30. The van der Waals surface area contributed by atoms with Gasteiger partial charge in [-0.2, -0.15) is 0 Å². The molecule has 0 radical (unpaired) electrons. The molecular weight excluding hydrogens is 278 g/mol. The molecular formula is C13H21N3O3S. The van der Waals surface area contributed by atoms with Crippen LogP contribution >= 0.6 is 0 Å². The molecule has 20 heavy (non-hydrogen) atoms. The minimum Gasteiger partial charge on any atom is -0.356 e. The highest BCUT2D eigenvalue weighted by Gasteiger charge is 2.24. The van der Waals surface area contributed by atoms with Gasteiger partial charge >= 0.3 is 0 Å². The Morgan fingerprint density at radius 3 is 2.60 bits per heavy atom. The molecule has 1 amide bonds. The van der Waals surface area contributed by atoms with Gasteiger partial charge in [0.15, 0.2) is 0 Å². The lowest BCUT2D eigenvalue weighted by Gasteiger charge is -2.31. The van der Waals surface area contributed by atoms with Crippen molar-refractivity contribution in [1.82, 2.24) is 9.88 Å². The molecule has 3 N–H and O–H groups in total. The lowest BCUT2D eigenvalue weighted by Crippen LogP contribution is -2.38. The van der Waals surface area contributed by atoms with Crippen LogP contribution in [-0.2, 0) is 10.0 Å². The highest BCUT2D eigenvalue weighted by atomic mass is 32.2. The molecule has 0 unspecified atom stereocenters. The number of carbonyl (C=O) groups is 1. The predicted molar refractivity (Wildman–Crippen MR) is 75.7 cm³/mol. The van der Waals surface area contributed by atoms with Gasteiger partial charge in [0.05, 0.1) is 4.90 Å². The molecule has 2 rings (SSSR count). The molecule has 1 aromatic rings. The Bertz CT molecular complexity index is 571. The van der Waals surface area contributed by atoms with E-state index in [0.29, 0.717) is 5.92 Å². The van der Waals surface area contributed by atoms with Gasteiger partial charge in [0.25, 0.3) is 5.91 Å². The molecule has 1 aliphatic rings. The number of carbonyl (C=O) groups excluding carboxylic acids is 1. The van der Waals surface area contributed by atoms with E-state index in [9.17, 15) is 13.2 Å². The summed E-state index contributed by atoms with van der Waals surface area (Å²) < 4.78 is 22.4. The molecule has 2 heterocycles. The van der Waals surface area contributed by atoms with Gasteiger partial charge < -0.3 is 9.88 Å². The Morgan fingerprint density at radius 1 is 1.45 bits per heavy atom. The van der Waals surface area contributed by atoms with E-state index >= 15 is 0 Å². The quantitative estimate of drug-likeness (QED) is 0.877. The highest BCUT2D eigenvalue weighted by Crippen LogP contribution is 2.23. The molecule has 0 aromatic carbocycles. The molecule has 1 saturated heterocycles. The predicted octanol–water partition coefficient (Wildman–Crippen LogP) is 1.31. The summed E-state index contributed by atoms with van der Waals surface area (Å²) in [5, 5.41) is 5.03. The van der Waals surface area contributed by atoms with Gasteiger partial charge in [0, 0.05) is 19.3 Å². The van der Waals surface area contributed by atoms with Crippen molar-refractivity contribution < 1.29 is 13.2 Å². The number of likely N-dealkylation sites (tertiary alicyclic amines) is 1. The van der Waals surface area contributed by atoms with E-state index in [1.54, 1.807) is 4.90 Å². The number of nitrogens with zero attached hydrogens (tertiary/aromatic N) is 1. The fourth-order valence-electron chi connectivity index (χ4n) is 2.67. The van der Waals surface area contributed by atoms with E-state index < -0.39 is 10.0 Å². The number of rotatable bonds is 4. The van der Waals surface area contributed by atoms with E-state index in [-0.39, 0.29) is 16.5 Å². The average molecular weight is 299 g/mol. The van der Waals surface area contributed by atoms with Crippen LogP contribution in [0.2, 0.25) is 0 Å². The number of aromatic amines is 1. The van der Waals surface area contributed by atoms with Gasteiger partial charge in [-0.25, -0.2) is 13.6 Å². The zero-order chi connectivity index (χ0) is 14.8. The fraction of sp³-hybridized carbons (Fsp3) is 0.615. The number of nitrogens with two attached hydrogens (primary N) is 1. The smallest absolute Gasteiger partial charge is 0.270 e. The van der Waals surface area contributed by atoms with Crippen LogP contribution in [-0.4, -0.2) is 37.3 Å². The summed E-state index contributed by atoms with van der Waals surface area (Å²) in [4.78, 5) is 16.7. The van der Waals surface area contributed by atoms with Gasteiger partial charge in [-0.3, -0.25) is 4.79 Å². The molecule has 1 aliphatic heterocycles. The van der Waals surface area contributed by atoms with Crippen LogP contribution in [0.1, 0.15) is 43.1 Å². The topological polar surface area (TPSA) is 96.3 Å². The van der Waals surface area contributed by atoms with Crippen molar-refractivity contribution in [1.29, 1.82) is 0 Å². The van der Waals surface area contributed by atoms with Crippen LogP contribution < -0.4 is 5.14 Å². The van der Waals surface area contributed by atoms with Crippen LogP contribution in [0.4, 0.5) is 0 Å². The number of aromatic nitrogens is 1. The molecule has 7 heteroatoms. The SMILES string of the molecule is CCCC1CCN(C(=O)c2cc(S(N)(=O)=O)c[nH]2)CC1. The summed E-state index contributed by atoms with van der Waals surface area (Å²) in [5.74, 6) is 0.544. The number of hydrogen-bond donors (Lipinski definition) is 2. The summed E-state index contributed by atoms with van der Waals surface area (Å²) >= 11 is 0. The fourth-order valence-corrected chi connectivity index (χ4v) is 3.17. The lowest BCUT2D eigenvalue weighted by molar-refractivity contribution is 0.0681. The van der Waals surface area contributed by atoms with Crippen molar-refractivity contribution in [3.8, 4) is 0 Å². The minimum atomic E-state index is -3.76. The molecule has 6 nitrogen and oxygen atoms in total. The third kappa shape index (κ3) is 3.40. The number of hydrogen-bond acceptors (Lipinski definition) is 3. The molecule has 1 fully saturated rings. The minimum absolute atomic E-state index is 0.0540. The number of amides is 1. The Kier molecular flexibility index (Phi) is 4.49. The summed E-state index contributed by atoms with van der Waals surface area (Å²) in [7, 11) is -3.76. The lowest BCUT2D eigenvalue weighted by atomic mass is 9.92. The van der Waals surface area contributed by atoms with Gasteiger partial charge in [0.2, 0.25) is 10.0 Å². The van der Waals surface area contributed by atoms with E-state index in [2.05, 4.69) is 11.9 Å². The molecule has 112 valence electrons. The number of sulfonamides is 1. The number of H-pyrrole nitrogens is 1. The molecule has 0 aliphatic carbocycles. The maximum atomic E-state index is 12.3. The Labute approximate surface area is 119 Å². The van der Waals surface area contributed by atoms with Gasteiger partial charge in [0.1, 0.15) is 5.69 Å². The van der Waals surface area contributed by atoms with Gasteiger partial charge in [-0.05, 0) is 24.8 Å². The monoisotopic (exact) mass is 299 g/mol. The first-order valence-electron chi connectivity index (χ1n) is 6.92. The van der Waals surface area contributed by atoms with Crippen molar-refractivity contribution in [3.05, 3.63) is 18.0 Å². The van der Waals surface area contributed by atoms with Crippen LogP contribution in [0.25, 0.3) is 0 Å². The molecule has 0 atom stereocenters. The Morgan fingerprint density at radius 2 is 2.10 bits per heavy atom. The molecule has 0 bridgehead atoms. The van der Waals surface area contributed by atoms with Gasteiger partial charge in [-0.15, -0.1) is 0 Å². The Hall–Kier alpha value is -1.34. The van der Waals surface area contributed by atoms with Crippen LogP contribution in [0.15, 0.2) is 17.2 Å². The Balaban J connectivity index is 2.00. The van der Waals surface area contributed by atoms with E-state index in [1.807, 2.05) is 0 Å². The second kappa shape index (κ2) is 5.97. The summed E-state index contributed by atoms with van der Waals surface area (Å²) in [6.07, 6.45) is 5.67. The van der Waals surface area contributed by atoms with Crippen molar-refractivity contribution >= 4 is 15.9 Å². The standard InChI is InChI=1S/C13H21N3O3S/c1-2-3-10-4-6-16(7-5-10)13(17)12-8-11(9-15-12)20(14,18)19/h8-10,15H,2-7H2,1H3,(H2,14,18,19). The van der Waals surface area contributed by atoms with Crippen LogP contribution in [0, 0.1) is 5.92 Å². The van der Waals surface area contributed by atoms with Crippen LogP contribution in [0.3, 0.4) is 0 Å². The number of primary sulfonamides is 1. The van der Waals surface area contributed by atoms with Crippen LogP contribution in [0.5, 0.6) is 0 Å². The van der Waals surface area contributed by atoms with Crippen molar-refractivity contribution in [2.45, 2.75) is 37.5 Å². The summed E-state index contributed by atoms with van der Waals surface area (Å²) in [6.45, 7) is 3.63. The van der Waals surface area contributed by atoms with Crippen molar-refractivity contribution in [2.24, 2.45) is 11.1 Å². The maximum Gasteiger partial charge on any atom is 0.270 e. The second-order valence-corrected chi connectivity index (χ2v) is 6.88. The first-order valence-corrected chi connectivity index (χ1v) is 8.47. The first kappa shape index (κ1) is 15.1. The largest absolute Gasteiger partial charge is 0.356 e. The maximum absolute atomic E-state index is 12.3. The number of piperidine rings is 1. The molecule has 0 spiro atoms. The third-order valence-electron chi connectivity index (χ3n) is 3.81. The molecule has 1 aromatic heterocycles. The number of nitrogens with one attached hydrogen (secondary N) is 1. The first-order chi connectivity index (χ1) is 9.41. The highest BCUT2D eigenvalue weighted by molar-refractivity contribution is 7.89. The van der Waals surface area contributed by atoms with Crippen molar-refractivity contribution in [3.63, 3.8) is 0 Å². The average Bonchev–Trinajstić information content (AvgIpc) is 2.89. The van der Waals surface area contributed by atoms with E-state index in [1.165, 1.54) is 25.1 Å². The van der Waals surface area contributed by atoms with E-state index in [4.69, 9.17) is 5.14 Å². The third-order valence-corrected chi connectivity index (χ3v) is 4.71. The van der Waals surface area contributed by atoms with Crippen molar-refractivity contribution in [2.75, 3.05) is 13.1 Å². The zero-order valence-corrected chi connectivity index (χ0v) is 12.4. The zero-order valence-electron chi connectivity index (χ0n) is 11.6. The van der Waals surface area contributed by atoms with E-state index in [0.717, 1.165) is 25.9 Å².